The van der Waals surface area contributed by atoms with Gasteiger partial charge in [-0.05, 0) is 51.5 Å². The molecule has 5 nitrogen and oxygen atoms in total. The minimum atomic E-state index is -3.17. The van der Waals surface area contributed by atoms with E-state index in [0.29, 0.717) is 17.8 Å². The summed E-state index contributed by atoms with van der Waals surface area (Å²) < 4.78 is 23.0. The fourth-order valence-electron chi connectivity index (χ4n) is 1.52. The van der Waals surface area contributed by atoms with Crippen LogP contribution in [0.1, 0.15) is 33.6 Å². The summed E-state index contributed by atoms with van der Waals surface area (Å²) in [6.07, 6.45) is 0.500. The number of nitrogens with one attached hydrogen (secondary N) is 1. The lowest BCUT2D eigenvalue weighted by Crippen LogP contribution is -2.30. The molecule has 0 aliphatic rings. The molecule has 0 aromatic heterocycles. The molecule has 0 saturated carbocycles. The minimum absolute atomic E-state index is 0.0195. The van der Waals surface area contributed by atoms with Crippen LogP contribution in [-0.4, -0.2) is 24.8 Å². The van der Waals surface area contributed by atoms with Gasteiger partial charge < -0.3 is 11.1 Å². The first-order chi connectivity index (χ1) is 9.12. The first kappa shape index (κ1) is 16.5. The van der Waals surface area contributed by atoms with Gasteiger partial charge in [0.2, 0.25) is 5.91 Å². The van der Waals surface area contributed by atoms with Gasteiger partial charge in [-0.15, -0.1) is 0 Å². The second-order valence-electron chi connectivity index (χ2n) is 5.70. The van der Waals surface area contributed by atoms with Crippen LogP contribution in [0.3, 0.4) is 0 Å². The number of rotatable bonds is 5. The second kappa shape index (κ2) is 6.26. The van der Waals surface area contributed by atoms with E-state index >= 15 is 0 Å². The Morgan fingerprint density at radius 3 is 2.25 bits per heavy atom. The first-order valence-electron chi connectivity index (χ1n) is 6.49. The summed E-state index contributed by atoms with van der Waals surface area (Å²) in [6.45, 7) is 4.99. The van der Waals surface area contributed by atoms with E-state index in [1.165, 1.54) is 0 Å². The molecule has 0 bridgehead atoms. The van der Waals surface area contributed by atoms with Crippen molar-refractivity contribution in [3.8, 4) is 0 Å². The summed E-state index contributed by atoms with van der Waals surface area (Å²) in [5, 5.41) is 2.70. The Morgan fingerprint density at radius 1 is 1.20 bits per heavy atom. The maximum absolute atomic E-state index is 11.9. The zero-order chi connectivity index (χ0) is 15.4. The highest BCUT2D eigenvalue weighted by Crippen LogP contribution is 2.17. The molecule has 1 aromatic rings. The van der Waals surface area contributed by atoms with Crippen LogP contribution in [0.2, 0.25) is 0 Å². The molecular formula is C14H22N2O3S. The van der Waals surface area contributed by atoms with Crippen molar-refractivity contribution in [2.24, 2.45) is 0 Å². The van der Waals surface area contributed by atoms with Crippen LogP contribution in [0.5, 0.6) is 0 Å². The largest absolute Gasteiger partial charge is 0.399 e. The highest BCUT2D eigenvalue weighted by atomic mass is 32.2. The molecule has 3 N–H and O–H groups in total. The number of nitrogens with two attached hydrogens (primary N) is 1. The number of anilines is 2. The number of carbonyl (C=O) groups excluding carboxylic acids is 1. The third-order valence-electron chi connectivity index (χ3n) is 2.94. The second-order valence-corrected chi connectivity index (χ2v) is 8.57. The van der Waals surface area contributed by atoms with E-state index in [-0.39, 0.29) is 18.1 Å². The number of carbonyl (C=O) groups is 1. The highest BCUT2D eigenvalue weighted by Gasteiger charge is 2.28. The lowest BCUT2D eigenvalue weighted by molar-refractivity contribution is -0.116. The molecule has 0 spiro atoms. The Bertz CT molecular complexity index is 557. The number of benzene rings is 1. The summed E-state index contributed by atoms with van der Waals surface area (Å²) in [6, 6.07) is 6.80. The van der Waals surface area contributed by atoms with E-state index in [9.17, 15) is 13.2 Å². The molecule has 1 aromatic carbocycles. The van der Waals surface area contributed by atoms with Gasteiger partial charge in [-0.1, -0.05) is 0 Å². The van der Waals surface area contributed by atoms with Gasteiger partial charge in [0.05, 0.1) is 10.5 Å². The van der Waals surface area contributed by atoms with Crippen molar-refractivity contribution in [3.63, 3.8) is 0 Å². The number of hydrogen-bond acceptors (Lipinski definition) is 4. The SMILES string of the molecule is CC(C)(C)S(=O)(=O)CCCC(=O)Nc1ccc(N)cc1. The van der Waals surface area contributed by atoms with Gasteiger partial charge in [-0.25, -0.2) is 8.42 Å². The fraction of sp³-hybridized carbons (Fsp3) is 0.500. The van der Waals surface area contributed by atoms with Crippen LogP contribution in [-0.2, 0) is 14.6 Å². The van der Waals surface area contributed by atoms with Gasteiger partial charge >= 0.3 is 0 Å². The Morgan fingerprint density at radius 2 is 1.75 bits per heavy atom. The average Bonchev–Trinajstić information content (AvgIpc) is 2.30. The van der Waals surface area contributed by atoms with Gasteiger partial charge in [0.1, 0.15) is 0 Å². The summed E-state index contributed by atoms with van der Waals surface area (Å²) in [5.74, 6) is -0.176. The van der Waals surface area contributed by atoms with Crippen LogP contribution >= 0.6 is 0 Å². The number of amides is 1. The molecule has 0 saturated heterocycles. The fourth-order valence-corrected chi connectivity index (χ4v) is 2.66. The van der Waals surface area contributed by atoms with E-state index in [1.807, 2.05) is 0 Å². The minimum Gasteiger partial charge on any atom is -0.399 e. The molecule has 0 heterocycles. The number of sulfone groups is 1. The van der Waals surface area contributed by atoms with Crippen LogP contribution in [0.25, 0.3) is 0 Å². The molecule has 0 unspecified atom stereocenters. The van der Waals surface area contributed by atoms with Crippen molar-refractivity contribution in [3.05, 3.63) is 24.3 Å². The summed E-state index contributed by atoms with van der Waals surface area (Å²) >= 11 is 0. The Kier molecular flexibility index (Phi) is 5.16. The molecule has 0 aliphatic carbocycles. The van der Waals surface area contributed by atoms with Gasteiger partial charge in [0, 0.05) is 17.8 Å². The summed E-state index contributed by atoms with van der Waals surface area (Å²) in [5.41, 5.74) is 6.83. The van der Waals surface area contributed by atoms with Gasteiger partial charge in [-0.2, -0.15) is 0 Å². The Hall–Kier alpha value is -1.56. The van der Waals surface area contributed by atoms with Crippen molar-refractivity contribution >= 4 is 27.1 Å². The third-order valence-corrected chi connectivity index (χ3v) is 5.64. The molecule has 0 aliphatic heterocycles. The van der Waals surface area contributed by atoms with Crippen molar-refractivity contribution < 1.29 is 13.2 Å². The average molecular weight is 298 g/mol. The third kappa shape index (κ3) is 4.85. The van der Waals surface area contributed by atoms with Crippen molar-refractivity contribution in [2.75, 3.05) is 16.8 Å². The van der Waals surface area contributed by atoms with Gasteiger partial charge in [0.25, 0.3) is 0 Å². The monoisotopic (exact) mass is 298 g/mol. The van der Waals surface area contributed by atoms with Crippen LogP contribution in [0.4, 0.5) is 11.4 Å². The highest BCUT2D eigenvalue weighted by molar-refractivity contribution is 7.92. The topological polar surface area (TPSA) is 89.3 Å². The molecule has 0 fully saturated rings. The first-order valence-corrected chi connectivity index (χ1v) is 8.15. The Labute approximate surface area is 120 Å². The molecule has 20 heavy (non-hydrogen) atoms. The van der Waals surface area contributed by atoms with Gasteiger partial charge in [-0.3, -0.25) is 4.79 Å². The van der Waals surface area contributed by atoms with Crippen LogP contribution in [0, 0.1) is 0 Å². The van der Waals surface area contributed by atoms with E-state index < -0.39 is 14.6 Å². The summed E-state index contributed by atoms with van der Waals surface area (Å²) in [7, 11) is -3.17. The van der Waals surface area contributed by atoms with Crippen LogP contribution in [0.15, 0.2) is 24.3 Å². The molecule has 1 rings (SSSR count). The quantitative estimate of drug-likeness (QED) is 0.815. The lowest BCUT2D eigenvalue weighted by atomic mass is 10.2. The van der Waals surface area contributed by atoms with Crippen LogP contribution < -0.4 is 11.1 Å². The smallest absolute Gasteiger partial charge is 0.224 e. The van der Waals surface area contributed by atoms with E-state index in [2.05, 4.69) is 5.32 Å². The Balaban J connectivity index is 2.43. The van der Waals surface area contributed by atoms with Crippen molar-refractivity contribution in [1.29, 1.82) is 0 Å². The lowest BCUT2D eigenvalue weighted by Gasteiger charge is -2.18. The van der Waals surface area contributed by atoms with E-state index in [1.54, 1.807) is 45.0 Å². The summed E-state index contributed by atoms with van der Waals surface area (Å²) in [4.78, 5) is 11.7. The van der Waals surface area contributed by atoms with Crippen molar-refractivity contribution in [1.82, 2.24) is 0 Å². The standard InChI is InChI=1S/C14H22N2O3S/c1-14(2,3)20(18,19)10-4-5-13(17)16-12-8-6-11(15)7-9-12/h6-9H,4-5,10,15H2,1-3H3,(H,16,17). The molecule has 0 atom stereocenters. The van der Waals surface area contributed by atoms with E-state index in [0.717, 1.165) is 0 Å². The molecule has 6 heteroatoms. The molecular weight excluding hydrogens is 276 g/mol. The normalized spacial score (nSPS) is 12.2. The zero-order valence-corrected chi connectivity index (χ0v) is 13.0. The number of nitrogen functional groups attached to an aromatic ring is 1. The van der Waals surface area contributed by atoms with Gasteiger partial charge in [0.15, 0.2) is 9.84 Å². The maximum atomic E-state index is 11.9. The molecule has 1 amide bonds. The molecule has 0 radical (unpaired) electrons. The number of hydrogen-bond donors (Lipinski definition) is 2. The zero-order valence-electron chi connectivity index (χ0n) is 12.1. The predicted molar refractivity (Wildman–Crippen MR) is 82.3 cm³/mol. The van der Waals surface area contributed by atoms with E-state index in [4.69, 9.17) is 5.73 Å². The predicted octanol–water partition coefficient (Wildman–Crippen LogP) is 2.20. The maximum Gasteiger partial charge on any atom is 0.224 e. The van der Waals surface area contributed by atoms with Crippen molar-refractivity contribution in [2.45, 2.75) is 38.4 Å². The molecule has 112 valence electrons.